The Bertz CT molecular complexity index is 981. The lowest BCUT2D eigenvalue weighted by Crippen LogP contribution is -2.36. The van der Waals surface area contributed by atoms with Crippen molar-refractivity contribution in [1.82, 2.24) is 9.78 Å². The Morgan fingerprint density at radius 1 is 1.21 bits per heavy atom. The molecule has 1 saturated carbocycles. The zero-order valence-electron chi connectivity index (χ0n) is 15.7. The Hall–Kier alpha value is -2.60. The Morgan fingerprint density at radius 3 is 2.57 bits per heavy atom. The summed E-state index contributed by atoms with van der Waals surface area (Å²) in [6.45, 7) is 4.22. The van der Waals surface area contributed by atoms with Gasteiger partial charge in [-0.1, -0.05) is 42.0 Å². The van der Waals surface area contributed by atoms with Gasteiger partial charge in [-0.3, -0.25) is 14.3 Å². The maximum atomic E-state index is 13.0. The van der Waals surface area contributed by atoms with Gasteiger partial charge in [0.2, 0.25) is 5.91 Å². The molecule has 2 aromatic rings. The smallest absolute Gasteiger partial charge is 0.307 e. The van der Waals surface area contributed by atoms with E-state index >= 15 is 0 Å². The number of rotatable bonds is 5. The molecule has 0 unspecified atom stereocenters. The number of fused-ring (bicyclic) bond motifs is 2. The van der Waals surface area contributed by atoms with Crippen LogP contribution in [0.5, 0.6) is 0 Å². The highest BCUT2D eigenvalue weighted by Crippen LogP contribution is 2.48. The molecular formula is C21H22ClN3O3. The molecule has 7 heteroatoms. The lowest BCUT2D eigenvalue weighted by Gasteiger charge is -2.23. The molecular weight excluding hydrogens is 378 g/mol. The maximum absolute atomic E-state index is 13.0. The van der Waals surface area contributed by atoms with Crippen LogP contribution in [0.3, 0.4) is 0 Å². The van der Waals surface area contributed by atoms with Gasteiger partial charge in [0.15, 0.2) is 0 Å². The number of carbonyl (C=O) groups excluding carboxylic acids is 1. The predicted molar refractivity (Wildman–Crippen MR) is 106 cm³/mol. The van der Waals surface area contributed by atoms with Crippen LogP contribution in [-0.4, -0.2) is 26.8 Å². The van der Waals surface area contributed by atoms with E-state index in [2.05, 4.69) is 10.4 Å². The van der Waals surface area contributed by atoms with E-state index in [-0.39, 0.29) is 17.7 Å². The highest BCUT2D eigenvalue weighted by molar-refractivity contribution is 6.31. The predicted octanol–water partition coefficient (Wildman–Crippen LogP) is 3.66. The highest BCUT2D eigenvalue weighted by Gasteiger charge is 2.51. The summed E-state index contributed by atoms with van der Waals surface area (Å²) in [5, 5.41) is 17.7. The van der Waals surface area contributed by atoms with Crippen LogP contribution in [0, 0.1) is 37.5 Å². The van der Waals surface area contributed by atoms with E-state index in [1.165, 1.54) is 0 Å². The van der Waals surface area contributed by atoms with E-state index in [0.29, 0.717) is 22.9 Å². The molecule has 146 valence electrons. The zero-order valence-corrected chi connectivity index (χ0v) is 16.5. The second-order valence-electron chi connectivity index (χ2n) is 7.62. The van der Waals surface area contributed by atoms with Gasteiger partial charge in [-0.2, -0.15) is 5.10 Å². The molecule has 0 saturated heterocycles. The first kappa shape index (κ1) is 18.7. The summed E-state index contributed by atoms with van der Waals surface area (Å²) in [5.41, 5.74) is 3.10. The summed E-state index contributed by atoms with van der Waals surface area (Å²) < 4.78 is 1.81. The van der Waals surface area contributed by atoms with Crippen molar-refractivity contribution in [3.63, 3.8) is 0 Å². The van der Waals surface area contributed by atoms with Gasteiger partial charge in [-0.05, 0) is 43.7 Å². The van der Waals surface area contributed by atoms with Gasteiger partial charge >= 0.3 is 5.97 Å². The van der Waals surface area contributed by atoms with Gasteiger partial charge < -0.3 is 10.4 Å². The Morgan fingerprint density at radius 2 is 1.89 bits per heavy atom. The molecule has 1 heterocycles. The molecule has 4 rings (SSSR count). The molecule has 0 spiro atoms. The third-order valence-corrected chi connectivity index (χ3v) is 6.32. The minimum absolute atomic E-state index is 0.00937. The minimum Gasteiger partial charge on any atom is -0.481 e. The topological polar surface area (TPSA) is 84.2 Å². The average Bonchev–Trinajstić information content (AvgIpc) is 3.33. The maximum Gasteiger partial charge on any atom is 0.307 e. The molecule has 28 heavy (non-hydrogen) atoms. The standard InChI is InChI=1S/C21H22ClN3O3/c1-11-19(12(2)25(24-11)10-15-5-3-4-6-16(15)22)23-20(26)17-13-7-8-14(9-13)18(17)21(27)28/h3-8,13-14,17-18H,9-10H2,1-2H3,(H,23,26)(H,27,28)/t13-,14-,17+,18-/m0/s1. The van der Waals surface area contributed by atoms with E-state index in [1.54, 1.807) is 0 Å². The van der Waals surface area contributed by atoms with Crippen LogP contribution < -0.4 is 5.32 Å². The fraction of sp³-hybridized carbons (Fsp3) is 0.381. The monoisotopic (exact) mass is 399 g/mol. The zero-order chi connectivity index (χ0) is 20.0. The van der Waals surface area contributed by atoms with Gasteiger partial charge in [0.05, 0.1) is 35.5 Å². The lowest BCUT2D eigenvalue weighted by atomic mass is 9.82. The van der Waals surface area contributed by atoms with E-state index < -0.39 is 17.8 Å². The Balaban J connectivity index is 1.56. The normalized spacial score (nSPS) is 25.2. The summed E-state index contributed by atoms with van der Waals surface area (Å²) >= 11 is 6.25. The molecule has 2 aliphatic rings. The summed E-state index contributed by atoms with van der Waals surface area (Å²) in [7, 11) is 0. The number of allylic oxidation sites excluding steroid dienone is 2. The molecule has 6 nitrogen and oxygen atoms in total. The van der Waals surface area contributed by atoms with Crippen LogP contribution in [0.4, 0.5) is 5.69 Å². The molecule has 1 aromatic heterocycles. The minimum atomic E-state index is -0.903. The molecule has 2 bridgehead atoms. The first-order chi connectivity index (χ1) is 13.4. The van der Waals surface area contributed by atoms with Gasteiger partial charge in [0, 0.05) is 5.02 Å². The number of carboxylic acid groups (broad SMARTS) is 1. The van der Waals surface area contributed by atoms with Crippen LogP contribution in [0.1, 0.15) is 23.4 Å². The quantitative estimate of drug-likeness (QED) is 0.751. The van der Waals surface area contributed by atoms with Crippen LogP contribution in [0.15, 0.2) is 36.4 Å². The van der Waals surface area contributed by atoms with Crippen molar-refractivity contribution in [2.45, 2.75) is 26.8 Å². The SMILES string of the molecule is Cc1nn(Cc2ccccc2Cl)c(C)c1NC(=O)[C@H]1[C@@H](C(=O)O)[C@H]2C=C[C@H]1C2. The molecule has 1 amide bonds. The van der Waals surface area contributed by atoms with E-state index in [0.717, 1.165) is 17.7 Å². The molecule has 1 aromatic carbocycles. The molecule has 1 fully saturated rings. The number of halogens is 1. The van der Waals surface area contributed by atoms with Gasteiger partial charge in [-0.25, -0.2) is 0 Å². The molecule has 0 aliphatic heterocycles. The van der Waals surface area contributed by atoms with Gasteiger partial charge in [0.1, 0.15) is 0 Å². The summed E-state index contributed by atoms with van der Waals surface area (Å²) in [4.78, 5) is 24.7. The number of hydrogen-bond donors (Lipinski definition) is 2. The fourth-order valence-electron chi connectivity index (χ4n) is 4.54. The number of aryl methyl sites for hydroxylation is 1. The fourth-order valence-corrected chi connectivity index (χ4v) is 4.74. The number of hydrogen-bond acceptors (Lipinski definition) is 3. The Labute approximate surface area is 168 Å². The van der Waals surface area contributed by atoms with Crippen molar-refractivity contribution in [3.8, 4) is 0 Å². The van der Waals surface area contributed by atoms with Crippen molar-refractivity contribution < 1.29 is 14.7 Å². The number of carbonyl (C=O) groups is 2. The first-order valence-corrected chi connectivity index (χ1v) is 9.74. The first-order valence-electron chi connectivity index (χ1n) is 9.36. The molecule has 4 atom stereocenters. The van der Waals surface area contributed by atoms with Crippen LogP contribution in [0.25, 0.3) is 0 Å². The molecule has 0 radical (unpaired) electrons. The number of carboxylic acids is 1. The second kappa shape index (κ2) is 7.09. The number of anilines is 1. The third kappa shape index (κ3) is 3.11. The van der Waals surface area contributed by atoms with E-state index in [1.807, 2.05) is 54.9 Å². The Kier molecular flexibility index (Phi) is 4.75. The second-order valence-corrected chi connectivity index (χ2v) is 8.03. The average molecular weight is 400 g/mol. The highest BCUT2D eigenvalue weighted by atomic mass is 35.5. The number of amides is 1. The van der Waals surface area contributed by atoms with Crippen molar-refractivity contribution in [2.24, 2.45) is 23.7 Å². The number of nitrogens with zero attached hydrogens (tertiary/aromatic N) is 2. The number of benzene rings is 1. The van der Waals surface area contributed by atoms with Crippen molar-refractivity contribution in [2.75, 3.05) is 5.32 Å². The van der Waals surface area contributed by atoms with Crippen molar-refractivity contribution in [1.29, 1.82) is 0 Å². The summed E-state index contributed by atoms with van der Waals surface area (Å²) in [5.74, 6) is -2.41. The van der Waals surface area contributed by atoms with E-state index in [9.17, 15) is 14.7 Å². The number of aromatic nitrogens is 2. The van der Waals surface area contributed by atoms with Crippen LogP contribution in [0.2, 0.25) is 5.02 Å². The lowest BCUT2D eigenvalue weighted by molar-refractivity contribution is -0.146. The van der Waals surface area contributed by atoms with Crippen LogP contribution >= 0.6 is 11.6 Å². The van der Waals surface area contributed by atoms with Crippen molar-refractivity contribution >= 4 is 29.2 Å². The largest absolute Gasteiger partial charge is 0.481 e. The van der Waals surface area contributed by atoms with Crippen LogP contribution in [-0.2, 0) is 16.1 Å². The summed E-state index contributed by atoms with van der Waals surface area (Å²) in [6.07, 6.45) is 4.65. The third-order valence-electron chi connectivity index (χ3n) is 5.95. The van der Waals surface area contributed by atoms with Gasteiger partial charge in [-0.15, -0.1) is 0 Å². The molecule has 2 aliphatic carbocycles. The number of nitrogens with one attached hydrogen (secondary N) is 1. The van der Waals surface area contributed by atoms with E-state index in [4.69, 9.17) is 11.6 Å². The van der Waals surface area contributed by atoms with Gasteiger partial charge in [0.25, 0.3) is 0 Å². The number of aliphatic carboxylic acids is 1. The summed E-state index contributed by atoms with van der Waals surface area (Å²) in [6, 6.07) is 7.57. The molecule has 2 N–H and O–H groups in total. The van der Waals surface area contributed by atoms with Crippen molar-refractivity contribution in [3.05, 3.63) is 58.4 Å².